The van der Waals surface area contributed by atoms with Crippen molar-refractivity contribution in [1.82, 2.24) is 0 Å². The lowest BCUT2D eigenvalue weighted by molar-refractivity contribution is -0.387. The Bertz CT molecular complexity index is 662. The van der Waals surface area contributed by atoms with E-state index in [1.54, 1.807) is 24.3 Å². The van der Waals surface area contributed by atoms with Gasteiger partial charge in [-0.1, -0.05) is 18.2 Å². The Kier molecular flexibility index (Phi) is 4.45. The zero-order valence-electron chi connectivity index (χ0n) is 10.9. The predicted octanol–water partition coefficient (Wildman–Crippen LogP) is 2.78. The highest BCUT2D eigenvalue weighted by molar-refractivity contribution is 5.93. The molecule has 0 aromatic heterocycles. The number of nitrogens with one attached hydrogen (secondary N) is 2. The van der Waals surface area contributed by atoms with Gasteiger partial charge in [-0.2, -0.15) is 4.39 Å². The molecule has 6 nitrogen and oxygen atoms in total. The number of hydrogen-bond donors (Lipinski definition) is 2. The standard InChI is InChI=1S/C14H12FN3O3/c15-12-7-6-11(8-13(12)18(20)21)16-9-14(19)17-10-4-2-1-3-5-10/h1-8,16H,9H2,(H,17,19). The molecule has 2 rings (SSSR count). The third-order valence-corrected chi connectivity index (χ3v) is 2.65. The third kappa shape index (κ3) is 4.00. The van der Waals surface area contributed by atoms with Gasteiger partial charge in [0.2, 0.25) is 11.7 Å². The lowest BCUT2D eigenvalue weighted by Gasteiger charge is -2.07. The quantitative estimate of drug-likeness (QED) is 0.654. The first-order valence-electron chi connectivity index (χ1n) is 6.09. The van der Waals surface area contributed by atoms with Crippen LogP contribution in [0.1, 0.15) is 0 Å². The lowest BCUT2D eigenvalue weighted by atomic mass is 10.2. The first kappa shape index (κ1) is 14.4. The van der Waals surface area contributed by atoms with Gasteiger partial charge in [-0.15, -0.1) is 0 Å². The monoisotopic (exact) mass is 289 g/mol. The summed E-state index contributed by atoms with van der Waals surface area (Å²) in [7, 11) is 0. The van der Waals surface area contributed by atoms with Crippen LogP contribution in [0.15, 0.2) is 48.5 Å². The van der Waals surface area contributed by atoms with Gasteiger partial charge in [0.25, 0.3) is 0 Å². The summed E-state index contributed by atoms with van der Waals surface area (Å²) in [5, 5.41) is 16.0. The Morgan fingerprint density at radius 2 is 1.86 bits per heavy atom. The van der Waals surface area contributed by atoms with Gasteiger partial charge in [0.15, 0.2) is 0 Å². The van der Waals surface area contributed by atoms with Gasteiger partial charge in [-0.05, 0) is 24.3 Å². The van der Waals surface area contributed by atoms with Crippen LogP contribution in [0.4, 0.5) is 21.5 Å². The van der Waals surface area contributed by atoms with Gasteiger partial charge in [0.05, 0.1) is 11.5 Å². The minimum absolute atomic E-state index is 0.0856. The van der Waals surface area contributed by atoms with Crippen LogP contribution in [0.3, 0.4) is 0 Å². The normalized spacial score (nSPS) is 9.95. The fourth-order valence-electron chi connectivity index (χ4n) is 1.67. The average molecular weight is 289 g/mol. The number of nitro benzene ring substituents is 1. The number of amides is 1. The highest BCUT2D eigenvalue weighted by Gasteiger charge is 2.14. The molecule has 0 aliphatic rings. The second-order valence-corrected chi connectivity index (χ2v) is 4.19. The van der Waals surface area contributed by atoms with Crippen molar-refractivity contribution >= 4 is 23.0 Å². The largest absolute Gasteiger partial charge is 0.376 e. The summed E-state index contributed by atoms with van der Waals surface area (Å²) in [4.78, 5) is 21.5. The molecule has 1 amide bonds. The van der Waals surface area contributed by atoms with Crippen molar-refractivity contribution < 1.29 is 14.1 Å². The molecule has 0 radical (unpaired) electrons. The highest BCUT2D eigenvalue weighted by Crippen LogP contribution is 2.21. The molecule has 0 aliphatic heterocycles. The second-order valence-electron chi connectivity index (χ2n) is 4.19. The summed E-state index contributed by atoms with van der Waals surface area (Å²) >= 11 is 0. The number of para-hydroxylation sites is 1. The molecule has 0 spiro atoms. The van der Waals surface area contributed by atoms with Crippen molar-refractivity contribution in [3.63, 3.8) is 0 Å². The highest BCUT2D eigenvalue weighted by atomic mass is 19.1. The fourth-order valence-corrected chi connectivity index (χ4v) is 1.67. The minimum Gasteiger partial charge on any atom is -0.376 e. The fraction of sp³-hybridized carbons (Fsp3) is 0.0714. The van der Waals surface area contributed by atoms with Gasteiger partial charge in [0, 0.05) is 17.4 Å². The van der Waals surface area contributed by atoms with E-state index in [4.69, 9.17) is 0 Å². The molecule has 0 unspecified atom stereocenters. The summed E-state index contributed by atoms with van der Waals surface area (Å²) in [5.41, 5.74) is 0.309. The maximum Gasteiger partial charge on any atom is 0.306 e. The number of anilines is 2. The zero-order valence-corrected chi connectivity index (χ0v) is 10.9. The maximum atomic E-state index is 13.2. The number of carbonyl (C=O) groups excluding carboxylic acids is 1. The number of halogens is 1. The molecule has 0 saturated heterocycles. The van der Waals surface area contributed by atoms with E-state index in [9.17, 15) is 19.3 Å². The van der Waals surface area contributed by atoms with Crippen LogP contribution >= 0.6 is 0 Å². The summed E-state index contributed by atoms with van der Waals surface area (Å²) in [6.07, 6.45) is 0. The van der Waals surface area contributed by atoms with Crippen LogP contribution < -0.4 is 10.6 Å². The van der Waals surface area contributed by atoms with E-state index < -0.39 is 16.4 Å². The van der Waals surface area contributed by atoms with E-state index >= 15 is 0 Å². The topological polar surface area (TPSA) is 84.3 Å². The van der Waals surface area contributed by atoms with Crippen LogP contribution in [-0.2, 0) is 4.79 Å². The molecule has 0 atom stereocenters. The van der Waals surface area contributed by atoms with Crippen LogP contribution in [0.5, 0.6) is 0 Å². The molecule has 0 aliphatic carbocycles. The van der Waals surface area contributed by atoms with Crippen molar-refractivity contribution in [3.8, 4) is 0 Å². The first-order valence-corrected chi connectivity index (χ1v) is 6.09. The summed E-state index contributed by atoms with van der Waals surface area (Å²) in [6.45, 7) is -0.0856. The maximum absolute atomic E-state index is 13.2. The van der Waals surface area contributed by atoms with E-state index in [0.29, 0.717) is 11.4 Å². The number of hydrogen-bond acceptors (Lipinski definition) is 4. The van der Waals surface area contributed by atoms with Crippen molar-refractivity contribution in [2.45, 2.75) is 0 Å². The Balaban J connectivity index is 1.95. The van der Waals surface area contributed by atoms with Crippen molar-refractivity contribution in [1.29, 1.82) is 0 Å². The predicted molar refractivity (Wildman–Crippen MR) is 76.6 cm³/mol. The summed E-state index contributed by atoms with van der Waals surface area (Å²) in [6, 6.07) is 12.2. The van der Waals surface area contributed by atoms with Crippen molar-refractivity contribution in [3.05, 3.63) is 64.5 Å². The van der Waals surface area contributed by atoms with Gasteiger partial charge >= 0.3 is 5.69 Å². The molecule has 108 valence electrons. The average Bonchev–Trinajstić information content (AvgIpc) is 2.47. The van der Waals surface area contributed by atoms with Gasteiger partial charge < -0.3 is 10.6 Å². The molecule has 2 aromatic carbocycles. The van der Waals surface area contributed by atoms with E-state index in [-0.39, 0.29) is 12.5 Å². The van der Waals surface area contributed by atoms with Crippen LogP contribution in [0, 0.1) is 15.9 Å². The Morgan fingerprint density at radius 3 is 2.52 bits per heavy atom. The zero-order chi connectivity index (χ0) is 15.2. The van der Waals surface area contributed by atoms with E-state index in [0.717, 1.165) is 12.1 Å². The first-order chi connectivity index (χ1) is 10.1. The number of benzene rings is 2. The molecule has 2 aromatic rings. The molecule has 0 bridgehead atoms. The Hall–Kier alpha value is -2.96. The lowest BCUT2D eigenvalue weighted by Crippen LogP contribution is -2.21. The third-order valence-electron chi connectivity index (χ3n) is 2.65. The van der Waals surface area contributed by atoms with Crippen molar-refractivity contribution in [2.75, 3.05) is 17.2 Å². The van der Waals surface area contributed by atoms with Crippen LogP contribution in [-0.4, -0.2) is 17.4 Å². The summed E-state index contributed by atoms with van der Waals surface area (Å²) < 4.78 is 13.2. The van der Waals surface area contributed by atoms with E-state index in [2.05, 4.69) is 10.6 Å². The van der Waals surface area contributed by atoms with E-state index in [1.807, 2.05) is 6.07 Å². The summed E-state index contributed by atoms with van der Waals surface area (Å²) in [5.74, 6) is -1.23. The van der Waals surface area contributed by atoms with Crippen LogP contribution in [0.25, 0.3) is 0 Å². The van der Waals surface area contributed by atoms with E-state index in [1.165, 1.54) is 6.07 Å². The van der Waals surface area contributed by atoms with Gasteiger partial charge in [-0.3, -0.25) is 14.9 Å². The smallest absolute Gasteiger partial charge is 0.306 e. The molecule has 7 heteroatoms. The molecule has 21 heavy (non-hydrogen) atoms. The minimum atomic E-state index is -0.917. The Labute approximate surface area is 119 Å². The Morgan fingerprint density at radius 1 is 1.14 bits per heavy atom. The van der Waals surface area contributed by atoms with Crippen molar-refractivity contribution in [2.24, 2.45) is 0 Å². The molecular weight excluding hydrogens is 277 g/mol. The number of nitrogens with zero attached hydrogens (tertiary/aromatic N) is 1. The second kappa shape index (κ2) is 6.47. The molecule has 0 heterocycles. The molecule has 2 N–H and O–H groups in total. The van der Waals surface area contributed by atoms with Gasteiger partial charge in [-0.25, -0.2) is 0 Å². The SMILES string of the molecule is O=C(CNc1ccc(F)c([N+](=O)[O-])c1)Nc1ccccc1. The molecule has 0 saturated carbocycles. The van der Waals surface area contributed by atoms with Crippen LogP contribution in [0.2, 0.25) is 0 Å². The number of carbonyl (C=O) groups is 1. The van der Waals surface area contributed by atoms with Gasteiger partial charge in [0.1, 0.15) is 0 Å². The number of nitro groups is 1. The molecule has 0 fully saturated rings. The number of rotatable bonds is 5. The molecular formula is C14H12FN3O3.